The molecule has 0 heterocycles. The Kier molecular flexibility index (Phi) is 1.68. The van der Waals surface area contributed by atoms with Crippen LogP contribution in [0.3, 0.4) is 0 Å². The van der Waals surface area contributed by atoms with Gasteiger partial charge in [0, 0.05) is 0 Å². The zero-order chi connectivity index (χ0) is 4.28. The monoisotopic (exact) mass is 78.0 g/mol. The Bertz CT molecular complexity index is 42.9. The van der Waals surface area contributed by atoms with Gasteiger partial charge in [0.15, 0.2) is 0 Å². The zero-order valence-electron chi connectivity index (χ0n) is 2.44. The standard InChI is InChI=1S/C2H3FO2/c3-2(5)1-4/h4H,1H2. The Morgan fingerprint density at radius 2 is 2.20 bits per heavy atom. The van der Waals surface area contributed by atoms with Gasteiger partial charge in [-0.15, -0.1) is 0 Å². The second-order valence-electron chi connectivity index (χ2n) is 0.513. The number of carbonyl (C=O) groups excluding carboxylic acids is 1. The second kappa shape index (κ2) is 1.84. The third-order valence-corrected chi connectivity index (χ3v) is 0.124. The molecule has 0 aromatic rings. The highest BCUT2D eigenvalue weighted by atomic mass is 19.1. The third kappa shape index (κ3) is 3.56. The highest BCUT2D eigenvalue weighted by Crippen LogP contribution is 1.62. The van der Waals surface area contributed by atoms with Gasteiger partial charge < -0.3 is 5.11 Å². The maximum absolute atomic E-state index is 10.5. The van der Waals surface area contributed by atoms with Crippen molar-refractivity contribution in [3.63, 3.8) is 0 Å². The van der Waals surface area contributed by atoms with Crippen LogP contribution in [0.15, 0.2) is 0 Å². The molecule has 2 nitrogen and oxygen atoms in total. The van der Waals surface area contributed by atoms with Gasteiger partial charge in [-0.3, -0.25) is 4.79 Å². The quantitative estimate of drug-likeness (QED) is 0.428. The number of halogens is 1. The molecule has 0 bridgehead atoms. The first-order valence-corrected chi connectivity index (χ1v) is 1.06. The van der Waals surface area contributed by atoms with Crippen LogP contribution in [0.2, 0.25) is 0 Å². The van der Waals surface area contributed by atoms with E-state index in [0.29, 0.717) is 0 Å². The van der Waals surface area contributed by atoms with Crippen molar-refractivity contribution in [2.24, 2.45) is 0 Å². The van der Waals surface area contributed by atoms with E-state index < -0.39 is 12.6 Å². The Hall–Kier alpha value is -0.440. The predicted octanol–water partition coefficient (Wildman–Crippen LogP) is -0.525. The van der Waals surface area contributed by atoms with Gasteiger partial charge in [0.1, 0.15) is 6.61 Å². The van der Waals surface area contributed by atoms with Crippen LogP contribution in [-0.2, 0) is 4.79 Å². The molecule has 5 heavy (non-hydrogen) atoms. The lowest BCUT2D eigenvalue weighted by atomic mass is 10.8. The molecule has 0 radical (unpaired) electrons. The zero-order valence-corrected chi connectivity index (χ0v) is 2.44. The van der Waals surface area contributed by atoms with E-state index in [0.717, 1.165) is 0 Å². The molecule has 0 atom stereocenters. The second-order valence-corrected chi connectivity index (χ2v) is 0.513. The summed E-state index contributed by atoms with van der Waals surface area (Å²) in [6.07, 6.45) is 0. The van der Waals surface area contributed by atoms with Crippen molar-refractivity contribution in [1.29, 1.82) is 0 Å². The van der Waals surface area contributed by atoms with Crippen LogP contribution in [0.25, 0.3) is 0 Å². The molecule has 0 aromatic heterocycles. The summed E-state index contributed by atoms with van der Waals surface area (Å²) in [5.74, 6) is 0. The summed E-state index contributed by atoms with van der Waals surface area (Å²) in [6, 6.07) is -1.69. The fourth-order valence-corrected chi connectivity index (χ4v) is 0. The van der Waals surface area contributed by atoms with Crippen molar-refractivity contribution in [1.82, 2.24) is 0 Å². The Balaban J connectivity index is 2.85. The van der Waals surface area contributed by atoms with E-state index in [4.69, 9.17) is 9.90 Å². The molecule has 0 aliphatic rings. The van der Waals surface area contributed by atoms with E-state index in [2.05, 4.69) is 0 Å². The number of carbonyl (C=O) groups is 1. The minimum atomic E-state index is -1.69. The summed E-state index contributed by atoms with van der Waals surface area (Å²) in [5.41, 5.74) is 0. The van der Waals surface area contributed by atoms with Crippen LogP contribution in [0.1, 0.15) is 0 Å². The normalized spacial score (nSPS) is 7.60. The maximum atomic E-state index is 10.5. The number of aliphatic hydroxyl groups excluding tert-OH is 1. The first-order valence-electron chi connectivity index (χ1n) is 1.06. The Morgan fingerprint density at radius 1 is 2.00 bits per heavy atom. The number of hydrogen-bond acceptors (Lipinski definition) is 2. The van der Waals surface area contributed by atoms with E-state index >= 15 is 0 Å². The summed E-state index contributed by atoms with van der Waals surface area (Å²) in [6.45, 7) is -1.00. The molecule has 0 rings (SSSR count). The fourth-order valence-electron chi connectivity index (χ4n) is 0. The van der Waals surface area contributed by atoms with Crippen molar-refractivity contribution in [3.8, 4) is 0 Å². The predicted molar refractivity (Wildman–Crippen MR) is 13.2 cm³/mol. The van der Waals surface area contributed by atoms with Gasteiger partial charge in [-0.25, -0.2) is 0 Å². The molecule has 0 fully saturated rings. The third-order valence-electron chi connectivity index (χ3n) is 0.124. The van der Waals surface area contributed by atoms with Crippen LogP contribution in [0, 0.1) is 0 Å². The summed E-state index contributed by atoms with van der Waals surface area (Å²) in [5, 5.41) is 7.42. The topological polar surface area (TPSA) is 37.3 Å². The van der Waals surface area contributed by atoms with E-state index in [9.17, 15) is 4.39 Å². The molecule has 0 aliphatic heterocycles. The van der Waals surface area contributed by atoms with E-state index in [-0.39, 0.29) is 0 Å². The van der Waals surface area contributed by atoms with Crippen LogP contribution in [0.5, 0.6) is 0 Å². The molecule has 30 valence electrons. The minimum Gasteiger partial charge on any atom is -0.386 e. The number of rotatable bonds is 1. The highest BCUT2D eigenvalue weighted by Gasteiger charge is 1.85. The minimum absolute atomic E-state index is 1.00. The molecule has 0 unspecified atom stereocenters. The molecular formula is C2H3FO2. The number of aliphatic hydroxyl groups is 1. The highest BCUT2D eigenvalue weighted by molar-refractivity contribution is 5.68. The van der Waals surface area contributed by atoms with Crippen molar-refractivity contribution < 1.29 is 14.3 Å². The van der Waals surface area contributed by atoms with Gasteiger partial charge in [-0.05, 0) is 0 Å². The first-order chi connectivity index (χ1) is 2.27. The molecule has 3 heteroatoms. The summed E-state index contributed by atoms with van der Waals surface area (Å²) in [4.78, 5) is 8.90. The van der Waals surface area contributed by atoms with Gasteiger partial charge in [-0.1, -0.05) is 0 Å². The molecule has 0 aliphatic carbocycles. The SMILES string of the molecule is O=C(F)CO. The van der Waals surface area contributed by atoms with Crippen LogP contribution >= 0.6 is 0 Å². The van der Waals surface area contributed by atoms with Crippen molar-refractivity contribution in [3.05, 3.63) is 0 Å². The Morgan fingerprint density at radius 3 is 2.20 bits per heavy atom. The summed E-state index contributed by atoms with van der Waals surface area (Å²) in [7, 11) is 0. The van der Waals surface area contributed by atoms with E-state index in [1.165, 1.54) is 0 Å². The molecule has 0 spiro atoms. The van der Waals surface area contributed by atoms with Crippen LogP contribution < -0.4 is 0 Å². The number of hydrogen-bond donors (Lipinski definition) is 1. The van der Waals surface area contributed by atoms with E-state index in [1.54, 1.807) is 0 Å². The van der Waals surface area contributed by atoms with Crippen molar-refractivity contribution >= 4 is 6.04 Å². The van der Waals surface area contributed by atoms with Crippen molar-refractivity contribution in [2.45, 2.75) is 0 Å². The van der Waals surface area contributed by atoms with Gasteiger partial charge in [0.25, 0.3) is 0 Å². The average Bonchev–Trinajstić information content (AvgIpc) is 1.38. The average molecular weight is 78.0 g/mol. The first kappa shape index (κ1) is 4.56. The Labute approximate surface area is 28.2 Å². The molecule has 0 aromatic carbocycles. The molecule has 0 amide bonds. The maximum Gasteiger partial charge on any atom is 0.326 e. The van der Waals surface area contributed by atoms with Crippen LogP contribution in [-0.4, -0.2) is 17.8 Å². The van der Waals surface area contributed by atoms with E-state index in [1.807, 2.05) is 0 Å². The van der Waals surface area contributed by atoms with Crippen molar-refractivity contribution in [2.75, 3.05) is 6.61 Å². The molecule has 0 saturated carbocycles. The summed E-state index contributed by atoms with van der Waals surface area (Å²) >= 11 is 0. The van der Waals surface area contributed by atoms with Gasteiger partial charge in [0.05, 0.1) is 0 Å². The summed E-state index contributed by atoms with van der Waals surface area (Å²) < 4.78 is 10.5. The lowest BCUT2D eigenvalue weighted by molar-refractivity contribution is -0.132. The van der Waals surface area contributed by atoms with Gasteiger partial charge in [-0.2, -0.15) is 4.39 Å². The largest absolute Gasteiger partial charge is 0.386 e. The molecule has 0 saturated heterocycles. The lowest BCUT2D eigenvalue weighted by Gasteiger charge is -1.67. The van der Waals surface area contributed by atoms with Gasteiger partial charge in [0.2, 0.25) is 0 Å². The lowest BCUT2D eigenvalue weighted by Crippen LogP contribution is -1.91. The molecular weight excluding hydrogens is 75.0 g/mol. The smallest absolute Gasteiger partial charge is 0.326 e. The molecule has 1 N–H and O–H groups in total. The fraction of sp³-hybridized carbons (Fsp3) is 0.500. The van der Waals surface area contributed by atoms with Crippen LogP contribution in [0.4, 0.5) is 4.39 Å². The van der Waals surface area contributed by atoms with Gasteiger partial charge >= 0.3 is 6.04 Å².